The first kappa shape index (κ1) is 15.5. The van der Waals surface area contributed by atoms with Gasteiger partial charge in [-0.1, -0.05) is 18.2 Å². The average Bonchev–Trinajstić information content (AvgIpc) is 2.62. The smallest absolute Gasteiger partial charge is 0.340 e. The van der Waals surface area contributed by atoms with E-state index < -0.39 is 5.97 Å². The fourth-order valence-corrected chi connectivity index (χ4v) is 2.33. The summed E-state index contributed by atoms with van der Waals surface area (Å²) in [5.41, 5.74) is 0.622. The number of nitrogens with zero attached hydrogens (tertiary/aromatic N) is 2. The largest absolute Gasteiger partial charge is 0.508 e. The lowest BCUT2D eigenvalue weighted by Gasteiger charge is -2.07. The van der Waals surface area contributed by atoms with Gasteiger partial charge in [0.05, 0.1) is 18.9 Å². The SMILES string of the molecule is COC(=O)c1cn(/N=C/c2ccc(O)cc2)c(=O)c2ccccc12. The fourth-order valence-electron chi connectivity index (χ4n) is 2.33. The second-order valence-electron chi connectivity index (χ2n) is 5.07. The number of esters is 1. The van der Waals surface area contributed by atoms with Crippen LogP contribution in [0.4, 0.5) is 0 Å². The molecule has 0 unspecified atom stereocenters. The first-order valence-corrected chi connectivity index (χ1v) is 7.16. The first-order chi connectivity index (χ1) is 11.6. The van der Waals surface area contributed by atoms with Crippen molar-refractivity contribution in [3.63, 3.8) is 0 Å². The molecule has 0 saturated carbocycles. The molecule has 1 heterocycles. The molecule has 3 rings (SSSR count). The number of pyridine rings is 1. The van der Waals surface area contributed by atoms with Gasteiger partial charge in [-0.25, -0.2) is 9.47 Å². The summed E-state index contributed by atoms with van der Waals surface area (Å²) >= 11 is 0. The van der Waals surface area contributed by atoms with Gasteiger partial charge in [-0.2, -0.15) is 5.10 Å². The summed E-state index contributed by atoms with van der Waals surface area (Å²) in [5.74, 6) is -0.400. The van der Waals surface area contributed by atoms with Crippen molar-refractivity contribution in [1.29, 1.82) is 0 Å². The van der Waals surface area contributed by atoms with Gasteiger partial charge >= 0.3 is 5.97 Å². The number of phenols is 1. The number of phenolic OH excluding ortho intramolecular Hbond substituents is 1. The maximum Gasteiger partial charge on any atom is 0.340 e. The van der Waals surface area contributed by atoms with Crippen LogP contribution in [-0.4, -0.2) is 29.1 Å². The molecule has 0 aliphatic heterocycles. The Labute approximate surface area is 137 Å². The summed E-state index contributed by atoms with van der Waals surface area (Å²) in [7, 11) is 1.28. The zero-order valence-corrected chi connectivity index (χ0v) is 12.8. The summed E-state index contributed by atoms with van der Waals surface area (Å²) < 4.78 is 5.88. The molecule has 0 amide bonds. The third-order valence-electron chi connectivity index (χ3n) is 3.54. The molecule has 0 fully saturated rings. The van der Waals surface area contributed by atoms with Crippen molar-refractivity contribution in [3.8, 4) is 5.75 Å². The van der Waals surface area contributed by atoms with Crippen LogP contribution in [0, 0.1) is 0 Å². The summed E-state index contributed by atoms with van der Waals surface area (Å²) in [6, 6.07) is 13.2. The maximum absolute atomic E-state index is 12.5. The molecule has 0 saturated heterocycles. The van der Waals surface area contributed by atoms with Gasteiger partial charge in [-0.3, -0.25) is 4.79 Å². The van der Waals surface area contributed by atoms with Gasteiger partial charge in [0.2, 0.25) is 0 Å². The number of aromatic nitrogens is 1. The highest BCUT2D eigenvalue weighted by atomic mass is 16.5. The lowest BCUT2D eigenvalue weighted by Crippen LogP contribution is -2.19. The zero-order valence-electron chi connectivity index (χ0n) is 12.8. The molecule has 0 aliphatic rings. The predicted octanol–water partition coefficient (Wildman–Crippen LogP) is 2.38. The second kappa shape index (κ2) is 6.37. The molecule has 1 aromatic heterocycles. The van der Waals surface area contributed by atoms with E-state index >= 15 is 0 Å². The summed E-state index contributed by atoms with van der Waals surface area (Å²) in [6.45, 7) is 0. The van der Waals surface area contributed by atoms with E-state index in [4.69, 9.17) is 4.74 Å². The molecule has 0 atom stereocenters. The first-order valence-electron chi connectivity index (χ1n) is 7.16. The molecular formula is C18H14N2O4. The van der Waals surface area contributed by atoms with E-state index in [-0.39, 0.29) is 16.9 Å². The Balaban J connectivity index is 2.14. The zero-order chi connectivity index (χ0) is 17.1. The van der Waals surface area contributed by atoms with Crippen LogP contribution in [0.1, 0.15) is 15.9 Å². The van der Waals surface area contributed by atoms with Crippen molar-refractivity contribution in [2.45, 2.75) is 0 Å². The second-order valence-corrected chi connectivity index (χ2v) is 5.07. The van der Waals surface area contributed by atoms with E-state index in [1.165, 1.54) is 31.7 Å². The van der Waals surface area contributed by atoms with Gasteiger partial charge in [0.25, 0.3) is 5.56 Å². The van der Waals surface area contributed by atoms with Crippen molar-refractivity contribution in [3.05, 3.63) is 76.2 Å². The molecule has 2 aromatic carbocycles. The minimum Gasteiger partial charge on any atom is -0.508 e. The molecule has 0 radical (unpaired) electrons. The van der Waals surface area contributed by atoms with Gasteiger partial charge in [0.15, 0.2) is 0 Å². The number of benzene rings is 2. The molecule has 120 valence electrons. The number of carbonyl (C=O) groups is 1. The van der Waals surface area contributed by atoms with Crippen LogP contribution in [0.3, 0.4) is 0 Å². The predicted molar refractivity (Wildman–Crippen MR) is 90.6 cm³/mol. The summed E-state index contributed by atoms with van der Waals surface area (Å²) in [4.78, 5) is 24.5. The van der Waals surface area contributed by atoms with Crippen molar-refractivity contribution in [1.82, 2.24) is 4.68 Å². The number of methoxy groups -OCH3 is 1. The highest BCUT2D eigenvalue weighted by Gasteiger charge is 2.14. The van der Waals surface area contributed by atoms with Crippen molar-refractivity contribution in [2.24, 2.45) is 5.10 Å². The van der Waals surface area contributed by atoms with Gasteiger partial charge < -0.3 is 9.84 Å². The van der Waals surface area contributed by atoms with Crippen LogP contribution in [0.5, 0.6) is 5.75 Å². The molecular weight excluding hydrogens is 308 g/mol. The molecule has 6 heteroatoms. The number of rotatable bonds is 3. The van der Waals surface area contributed by atoms with E-state index in [2.05, 4.69) is 5.10 Å². The quantitative estimate of drug-likeness (QED) is 0.593. The van der Waals surface area contributed by atoms with Crippen LogP contribution in [-0.2, 0) is 4.74 Å². The van der Waals surface area contributed by atoms with Gasteiger partial charge in [0, 0.05) is 17.0 Å². The van der Waals surface area contributed by atoms with Crippen LogP contribution < -0.4 is 5.56 Å². The van der Waals surface area contributed by atoms with Gasteiger partial charge in [-0.05, 0) is 35.9 Å². The summed E-state index contributed by atoms with van der Waals surface area (Å²) in [6.07, 6.45) is 2.82. The summed E-state index contributed by atoms with van der Waals surface area (Å²) in [5, 5.41) is 14.3. The number of ether oxygens (including phenoxy) is 1. The molecule has 1 N–H and O–H groups in total. The molecule has 6 nitrogen and oxygen atoms in total. The topological polar surface area (TPSA) is 80.9 Å². The normalized spacial score (nSPS) is 11.0. The lowest BCUT2D eigenvalue weighted by atomic mass is 10.1. The fraction of sp³-hybridized carbons (Fsp3) is 0.0556. The highest BCUT2D eigenvalue weighted by molar-refractivity contribution is 6.03. The molecule has 24 heavy (non-hydrogen) atoms. The van der Waals surface area contributed by atoms with E-state index in [0.29, 0.717) is 16.3 Å². The molecule has 0 bridgehead atoms. The maximum atomic E-state index is 12.5. The molecule has 3 aromatic rings. The number of hydrogen-bond donors (Lipinski definition) is 1. The van der Waals surface area contributed by atoms with Gasteiger partial charge in [0.1, 0.15) is 5.75 Å². The van der Waals surface area contributed by atoms with Crippen LogP contribution in [0.2, 0.25) is 0 Å². The number of hydrogen-bond acceptors (Lipinski definition) is 5. The monoisotopic (exact) mass is 322 g/mol. The van der Waals surface area contributed by atoms with Crippen molar-refractivity contribution in [2.75, 3.05) is 7.11 Å². The number of fused-ring (bicyclic) bond motifs is 1. The third-order valence-corrected chi connectivity index (χ3v) is 3.54. The minimum absolute atomic E-state index is 0.142. The van der Waals surface area contributed by atoms with Gasteiger partial charge in [-0.15, -0.1) is 0 Å². The Morgan fingerprint density at radius 2 is 1.79 bits per heavy atom. The minimum atomic E-state index is -0.542. The number of aromatic hydroxyl groups is 1. The van der Waals surface area contributed by atoms with E-state index in [0.717, 1.165) is 4.68 Å². The molecule has 0 spiro atoms. The lowest BCUT2D eigenvalue weighted by molar-refractivity contribution is 0.0602. The highest BCUT2D eigenvalue weighted by Crippen LogP contribution is 2.16. The Morgan fingerprint density at radius 3 is 2.46 bits per heavy atom. The van der Waals surface area contributed by atoms with E-state index in [9.17, 15) is 14.7 Å². The average molecular weight is 322 g/mol. The van der Waals surface area contributed by atoms with Crippen LogP contribution in [0.15, 0.2) is 64.6 Å². The van der Waals surface area contributed by atoms with E-state index in [1.54, 1.807) is 36.4 Å². The Hall–Kier alpha value is -3.41. The Kier molecular flexibility index (Phi) is 4.11. The Bertz CT molecular complexity index is 988. The van der Waals surface area contributed by atoms with Crippen LogP contribution >= 0.6 is 0 Å². The van der Waals surface area contributed by atoms with E-state index in [1.807, 2.05) is 0 Å². The van der Waals surface area contributed by atoms with Crippen molar-refractivity contribution < 1.29 is 14.6 Å². The molecule has 0 aliphatic carbocycles. The van der Waals surface area contributed by atoms with Crippen LogP contribution in [0.25, 0.3) is 10.8 Å². The standard InChI is InChI=1S/C18H14N2O4/c1-24-18(23)16-11-20(17(22)15-5-3-2-4-14(15)16)19-10-12-6-8-13(21)9-7-12/h2-11,21H,1H3/b19-10+. The van der Waals surface area contributed by atoms with Crippen molar-refractivity contribution >= 4 is 23.0 Å². The number of carbonyl (C=O) groups excluding carboxylic acids is 1. The third kappa shape index (κ3) is 2.89. The Morgan fingerprint density at radius 1 is 1.12 bits per heavy atom.